The van der Waals surface area contributed by atoms with Gasteiger partial charge in [0.05, 0.1) is 6.54 Å². The summed E-state index contributed by atoms with van der Waals surface area (Å²) in [5.74, 6) is 1.48. The van der Waals surface area contributed by atoms with E-state index in [0.29, 0.717) is 41.9 Å². The normalized spacial score (nSPS) is 11.4. The number of methoxy groups -OCH3 is 1. The van der Waals surface area contributed by atoms with Gasteiger partial charge in [-0.1, -0.05) is 20.8 Å². The molecule has 0 spiro atoms. The van der Waals surface area contributed by atoms with E-state index in [1.165, 1.54) is 0 Å². The highest BCUT2D eigenvalue weighted by Gasteiger charge is 2.22. The molecule has 31 heavy (non-hydrogen) atoms. The van der Waals surface area contributed by atoms with Crippen molar-refractivity contribution in [2.75, 3.05) is 12.4 Å². The zero-order chi connectivity index (χ0) is 22.6. The third-order valence-corrected chi connectivity index (χ3v) is 4.55. The van der Waals surface area contributed by atoms with Crippen LogP contribution in [-0.4, -0.2) is 23.9 Å². The number of aryl methyl sites for hydroxylation is 1. The van der Waals surface area contributed by atoms with Crippen molar-refractivity contribution in [2.45, 2.75) is 40.8 Å². The second-order valence-electron chi connectivity index (χ2n) is 8.19. The van der Waals surface area contributed by atoms with Crippen molar-refractivity contribution in [1.82, 2.24) is 10.3 Å². The van der Waals surface area contributed by atoms with Gasteiger partial charge in [0.1, 0.15) is 23.8 Å². The Balaban J connectivity index is 1.64. The standard InChI is InChI=1S/C23H27N3O5/c1-14-18(12-24-22(28)23(2,3)4)26-21(30-14)15-6-8-16(9-7-15)25-20(27)19-11-10-17(31-19)13-29-5/h6-11H,12-13H2,1-5H3,(H,24,28)(H,25,27). The van der Waals surface area contributed by atoms with Gasteiger partial charge in [-0.2, -0.15) is 0 Å². The first-order valence-corrected chi connectivity index (χ1v) is 9.91. The van der Waals surface area contributed by atoms with Gasteiger partial charge < -0.3 is 24.2 Å². The lowest BCUT2D eigenvalue weighted by Crippen LogP contribution is -2.34. The molecule has 2 amide bonds. The molecule has 0 aliphatic carbocycles. The monoisotopic (exact) mass is 425 g/mol. The van der Waals surface area contributed by atoms with Crippen LogP contribution in [-0.2, 0) is 22.7 Å². The smallest absolute Gasteiger partial charge is 0.291 e. The summed E-state index contributed by atoms with van der Waals surface area (Å²) in [4.78, 5) is 28.9. The Bertz CT molecular complexity index is 1060. The first kappa shape index (κ1) is 22.3. The molecular weight excluding hydrogens is 398 g/mol. The molecular formula is C23H27N3O5. The van der Waals surface area contributed by atoms with E-state index in [-0.39, 0.29) is 17.6 Å². The summed E-state index contributed by atoms with van der Waals surface area (Å²) in [5.41, 5.74) is 1.57. The Labute approximate surface area is 181 Å². The van der Waals surface area contributed by atoms with Crippen LogP contribution < -0.4 is 10.6 Å². The summed E-state index contributed by atoms with van der Waals surface area (Å²) in [5, 5.41) is 5.66. The Morgan fingerprint density at radius 2 is 1.77 bits per heavy atom. The molecule has 164 valence electrons. The van der Waals surface area contributed by atoms with Gasteiger partial charge >= 0.3 is 0 Å². The van der Waals surface area contributed by atoms with Gasteiger partial charge in [-0.3, -0.25) is 9.59 Å². The first-order chi connectivity index (χ1) is 14.7. The van der Waals surface area contributed by atoms with E-state index in [4.69, 9.17) is 13.6 Å². The topological polar surface area (TPSA) is 107 Å². The fourth-order valence-electron chi connectivity index (χ4n) is 2.75. The molecule has 0 aliphatic heterocycles. The summed E-state index contributed by atoms with van der Waals surface area (Å²) in [6.45, 7) is 7.98. The maximum atomic E-state index is 12.3. The van der Waals surface area contributed by atoms with E-state index in [0.717, 1.165) is 5.56 Å². The van der Waals surface area contributed by atoms with Crippen LogP contribution in [0.4, 0.5) is 5.69 Å². The van der Waals surface area contributed by atoms with E-state index < -0.39 is 5.41 Å². The van der Waals surface area contributed by atoms with Gasteiger partial charge in [0, 0.05) is 23.8 Å². The molecule has 1 aromatic carbocycles. The Kier molecular flexibility index (Phi) is 6.60. The Morgan fingerprint density at radius 3 is 2.42 bits per heavy atom. The number of amides is 2. The molecule has 8 heteroatoms. The highest BCUT2D eigenvalue weighted by Crippen LogP contribution is 2.24. The number of hydrogen-bond donors (Lipinski definition) is 2. The second kappa shape index (κ2) is 9.18. The fraction of sp³-hybridized carbons (Fsp3) is 0.348. The number of aromatic nitrogens is 1. The number of benzene rings is 1. The maximum absolute atomic E-state index is 12.3. The Hall–Kier alpha value is -3.39. The van der Waals surface area contributed by atoms with Gasteiger partial charge in [-0.05, 0) is 43.3 Å². The van der Waals surface area contributed by atoms with Crippen molar-refractivity contribution in [2.24, 2.45) is 5.41 Å². The number of nitrogens with zero attached hydrogens (tertiary/aromatic N) is 1. The lowest BCUT2D eigenvalue weighted by molar-refractivity contribution is -0.128. The number of nitrogens with one attached hydrogen (secondary N) is 2. The van der Waals surface area contributed by atoms with Crippen molar-refractivity contribution in [3.63, 3.8) is 0 Å². The molecule has 0 saturated heterocycles. The van der Waals surface area contributed by atoms with Gasteiger partial charge in [0.25, 0.3) is 5.91 Å². The van der Waals surface area contributed by atoms with Crippen molar-refractivity contribution in [3.05, 3.63) is 59.4 Å². The Morgan fingerprint density at radius 1 is 1.06 bits per heavy atom. The van der Waals surface area contributed by atoms with Crippen LogP contribution in [0.1, 0.15) is 48.5 Å². The fourth-order valence-corrected chi connectivity index (χ4v) is 2.75. The zero-order valence-electron chi connectivity index (χ0n) is 18.4. The molecule has 3 rings (SSSR count). The number of rotatable bonds is 7. The summed E-state index contributed by atoms with van der Waals surface area (Å²) >= 11 is 0. The second-order valence-corrected chi connectivity index (χ2v) is 8.19. The number of ether oxygens (including phenoxy) is 1. The molecule has 0 aliphatic rings. The lowest BCUT2D eigenvalue weighted by Gasteiger charge is -2.16. The number of carbonyl (C=O) groups excluding carboxylic acids is 2. The average Bonchev–Trinajstić information content (AvgIpc) is 3.33. The third kappa shape index (κ3) is 5.61. The van der Waals surface area contributed by atoms with Crippen molar-refractivity contribution < 1.29 is 23.2 Å². The summed E-state index contributed by atoms with van der Waals surface area (Å²) in [7, 11) is 1.56. The highest BCUT2D eigenvalue weighted by atomic mass is 16.5. The SMILES string of the molecule is COCc1ccc(C(=O)Nc2ccc(-c3nc(CNC(=O)C(C)(C)C)c(C)o3)cc2)o1. The summed E-state index contributed by atoms with van der Waals surface area (Å²) in [6, 6.07) is 10.4. The molecule has 0 fully saturated rings. The molecule has 2 heterocycles. The van der Waals surface area contributed by atoms with Gasteiger partial charge in [0.2, 0.25) is 11.8 Å². The predicted octanol–water partition coefficient (Wildman–Crippen LogP) is 4.30. The van der Waals surface area contributed by atoms with E-state index in [1.54, 1.807) is 43.5 Å². The van der Waals surface area contributed by atoms with E-state index in [9.17, 15) is 9.59 Å². The van der Waals surface area contributed by atoms with Crippen LogP contribution in [0.15, 0.2) is 45.2 Å². The molecule has 8 nitrogen and oxygen atoms in total. The zero-order valence-corrected chi connectivity index (χ0v) is 18.4. The van der Waals surface area contributed by atoms with Crippen LogP contribution in [0.3, 0.4) is 0 Å². The molecule has 0 unspecified atom stereocenters. The number of oxazole rings is 1. The minimum atomic E-state index is -0.471. The van der Waals surface area contributed by atoms with Crippen LogP contribution in [0.2, 0.25) is 0 Å². The van der Waals surface area contributed by atoms with E-state index >= 15 is 0 Å². The van der Waals surface area contributed by atoms with E-state index in [2.05, 4.69) is 15.6 Å². The van der Waals surface area contributed by atoms with Gasteiger partial charge in [-0.15, -0.1) is 0 Å². The number of furan rings is 1. The van der Waals surface area contributed by atoms with Gasteiger partial charge in [0.15, 0.2) is 5.76 Å². The molecule has 0 saturated carbocycles. The summed E-state index contributed by atoms with van der Waals surface area (Å²) < 4.78 is 16.2. The van der Waals surface area contributed by atoms with E-state index in [1.807, 2.05) is 27.7 Å². The van der Waals surface area contributed by atoms with Crippen LogP contribution in [0.25, 0.3) is 11.5 Å². The van der Waals surface area contributed by atoms with Crippen molar-refractivity contribution in [1.29, 1.82) is 0 Å². The molecule has 2 N–H and O–H groups in total. The van der Waals surface area contributed by atoms with Crippen LogP contribution in [0.5, 0.6) is 0 Å². The quantitative estimate of drug-likeness (QED) is 0.584. The van der Waals surface area contributed by atoms with Crippen molar-refractivity contribution in [3.8, 4) is 11.5 Å². The average molecular weight is 425 g/mol. The highest BCUT2D eigenvalue weighted by molar-refractivity contribution is 6.02. The van der Waals surface area contributed by atoms with Crippen LogP contribution >= 0.6 is 0 Å². The minimum Gasteiger partial charge on any atom is -0.453 e. The first-order valence-electron chi connectivity index (χ1n) is 9.91. The molecule has 2 aromatic heterocycles. The molecule has 0 atom stereocenters. The molecule has 0 radical (unpaired) electrons. The predicted molar refractivity (Wildman–Crippen MR) is 115 cm³/mol. The molecule has 0 bridgehead atoms. The number of anilines is 1. The van der Waals surface area contributed by atoms with Crippen molar-refractivity contribution >= 4 is 17.5 Å². The third-order valence-electron chi connectivity index (χ3n) is 4.55. The van der Waals surface area contributed by atoms with Crippen LogP contribution in [0, 0.1) is 12.3 Å². The largest absolute Gasteiger partial charge is 0.453 e. The lowest BCUT2D eigenvalue weighted by atomic mass is 9.96. The summed E-state index contributed by atoms with van der Waals surface area (Å²) in [6.07, 6.45) is 0. The number of carbonyl (C=O) groups is 2. The minimum absolute atomic E-state index is 0.0533. The van der Waals surface area contributed by atoms with Gasteiger partial charge in [-0.25, -0.2) is 4.98 Å². The maximum Gasteiger partial charge on any atom is 0.291 e. The molecule has 3 aromatic rings. The number of hydrogen-bond acceptors (Lipinski definition) is 6.